The zero-order chi connectivity index (χ0) is 11.7. The topological polar surface area (TPSA) is 69.1 Å². The minimum absolute atomic E-state index is 0.0200. The van der Waals surface area contributed by atoms with E-state index in [0.717, 1.165) is 5.69 Å². The van der Waals surface area contributed by atoms with Gasteiger partial charge in [-0.25, -0.2) is 0 Å². The fraction of sp³-hybridized carbons (Fsp3) is 0.333. The highest BCUT2D eigenvalue weighted by Gasteiger charge is 2.03. The summed E-state index contributed by atoms with van der Waals surface area (Å²) in [5.74, 6) is 0.608. The average molecular weight is 254 g/mol. The van der Waals surface area contributed by atoms with E-state index in [2.05, 4.69) is 22.2 Å². The Labute approximate surface area is 99.0 Å². The molecule has 0 saturated carbocycles. The molecule has 15 heavy (non-hydrogen) atoms. The van der Waals surface area contributed by atoms with Gasteiger partial charge in [0.1, 0.15) is 18.0 Å². The van der Waals surface area contributed by atoms with Gasteiger partial charge in [-0.3, -0.25) is 4.84 Å². The number of rotatable bonds is 4. The summed E-state index contributed by atoms with van der Waals surface area (Å²) < 4.78 is 5.21. The van der Waals surface area contributed by atoms with Crippen LogP contribution in [0.5, 0.6) is 5.75 Å². The first-order valence-electron chi connectivity index (χ1n) is 4.22. The summed E-state index contributed by atoms with van der Waals surface area (Å²) in [5, 5.41) is 8.56. The van der Waals surface area contributed by atoms with Crippen LogP contribution in [0.2, 0.25) is 0 Å². The summed E-state index contributed by atoms with van der Waals surface area (Å²) in [6, 6.07) is 5.33. The Morgan fingerprint density at radius 2 is 2.13 bits per heavy atom. The Kier molecular flexibility index (Phi) is 8.22. The van der Waals surface area contributed by atoms with Crippen molar-refractivity contribution < 1.29 is 15.6 Å². The number of hydrogen-bond acceptors (Lipinski definition) is 3. The van der Waals surface area contributed by atoms with Crippen molar-refractivity contribution in [1.82, 2.24) is 0 Å². The molecule has 0 unspecified atom stereocenters. The van der Waals surface area contributed by atoms with Gasteiger partial charge in [-0.15, -0.1) is 11.6 Å². The second kappa shape index (κ2) is 8.61. The zero-order valence-corrected chi connectivity index (χ0v) is 9.98. The van der Waals surface area contributed by atoms with E-state index in [-0.39, 0.29) is 13.2 Å². The van der Waals surface area contributed by atoms with Crippen LogP contribution >= 0.6 is 23.4 Å². The largest absolute Gasteiger partial charge is 0.489 e. The number of aliphatic hydroxyl groups excluding tert-OH is 1. The average Bonchev–Trinajstić information content (AvgIpc) is 2.30. The number of alkyl halides is 1. The van der Waals surface area contributed by atoms with Crippen molar-refractivity contribution >= 4 is 34.8 Å². The molecule has 4 nitrogen and oxygen atoms in total. The van der Waals surface area contributed by atoms with Crippen molar-refractivity contribution in [3.8, 4) is 5.75 Å². The van der Waals surface area contributed by atoms with Gasteiger partial charge in [-0.1, -0.05) is 0 Å². The molecule has 0 heterocycles. The lowest BCUT2D eigenvalue weighted by Crippen LogP contribution is -2.40. The van der Waals surface area contributed by atoms with E-state index in [1.165, 1.54) is 6.38 Å². The first kappa shape index (κ1) is 14.3. The highest BCUT2D eigenvalue weighted by molar-refractivity contribution is 6.24. The number of anilines is 1. The normalized spacial score (nSPS) is 8.87. The van der Waals surface area contributed by atoms with E-state index in [4.69, 9.17) is 21.6 Å². The third kappa shape index (κ3) is 5.09. The molecule has 5 N–H and O–H groups in total. The Morgan fingerprint density at radius 3 is 2.67 bits per heavy atom. The molecule has 0 aliphatic rings. The van der Waals surface area contributed by atoms with Gasteiger partial charge in [0.2, 0.25) is 0 Å². The molecule has 0 fully saturated rings. The SMILES string of the molecule is CCl.[NH3+]c1ccc(OCCO)c(NCl)c1. The van der Waals surface area contributed by atoms with Crippen LogP contribution in [-0.2, 0) is 0 Å². The van der Waals surface area contributed by atoms with Crippen molar-refractivity contribution in [2.45, 2.75) is 0 Å². The molecule has 0 amide bonds. The number of nitrogens with one attached hydrogen (secondary N) is 1. The Morgan fingerprint density at radius 1 is 1.47 bits per heavy atom. The van der Waals surface area contributed by atoms with Crippen LogP contribution in [0.3, 0.4) is 0 Å². The van der Waals surface area contributed by atoms with Gasteiger partial charge in [-0.05, 0) is 6.07 Å². The van der Waals surface area contributed by atoms with E-state index in [1.807, 2.05) is 6.07 Å². The van der Waals surface area contributed by atoms with Gasteiger partial charge in [-0.2, -0.15) is 0 Å². The molecule has 1 aromatic rings. The standard InChI is InChI=1S/C8H11ClN2O2.CH3Cl/c9-11-7-5-6(10)1-2-8(7)13-4-3-12;1-2/h1-2,5,11-12H,3-4,10H2;1H3/p+1. The van der Waals surface area contributed by atoms with Crippen LogP contribution in [0.15, 0.2) is 18.2 Å². The summed E-state index contributed by atoms with van der Waals surface area (Å²) in [7, 11) is 0. The Bertz CT molecular complexity index is 285. The summed E-state index contributed by atoms with van der Waals surface area (Å²) in [6.07, 6.45) is 1.47. The van der Waals surface area contributed by atoms with Crippen molar-refractivity contribution in [2.24, 2.45) is 0 Å². The van der Waals surface area contributed by atoms with Crippen LogP contribution < -0.4 is 15.3 Å². The van der Waals surface area contributed by atoms with Crippen LogP contribution in [0.1, 0.15) is 0 Å². The minimum atomic E-state index is -0.0200. The minimum Gasteiger partial charge on any atom is -0.489 e. The molecule has 1 aromatic carbocycles. The maximum Gasteiger partial charge on any atom is 0.144 e. The van der Waals surface area contributed by atoms with E-state index in [1.54, 1.807) is 12.1 Å². The van der Waals surface area contributed by atoms with E-state index in [0.29, 0.717) is 11.4 Å². The lowest BCUT2D eigenvalue weighted by Gasteiger charge is -2.08. The maximum atomic E-state index is 8.56. The summed E-state index contributed by atoms with van der Waals surface area (Å²) >= 11 is 10.1. The molecule has 0 saturated heterocycles. The zero-order valence-electron chi connectivity index (χ0n) is 8.46. The van der Waals surface area contributed by atoms with Crippen molar-refractivity contribution in [3.63, 3.8) is 0 Å². The first-order valence-corrected chi connectivity index (χ1v) is 5.35. The van der Waals surface area contributed by atoms with Crippen LogP contribution in [0.25, 0.3) is 0 Å². The van der Waals surface area contributed by atoms with E-state index >= 15 is 0 Å². The number of quaternary nitrogens is 1. The molecular weight excluding hydrogens is 239 g/mol. The predicted octanol–water partition coefficient (Wildman–Crippen LogP) is 1.35. The molecule has 6 heteroatoms. The van der Waals surface area contributed by atoms with E-state index < -0.39 is 0 Å². The predicted molar refractivity (Wildman–Crippen MR) is 62.8 cm³/mol. The van der Waals surface area contributed by atoms with Gasteiger partial charge in [0.15, 0.2) is 0 Å². The van der Waals surface area contributed by atoms with Gasteiger partial charge in [0.25, 0.3) is 0 Å². The molecule has 0 aliphatic carbocycles. The summed E-state index contributed by atoms with van der Waals surface area (Å²) in [6.45, 7) is 0.232. The Hall–Kier alpha value is -0.680. The van der Waals surface area contributed by atoms with Gasteiger partial charge >= 0.3 is 0 Å². The number of ether oxygens (including phenoxy) is 1. The fourth-order valence-electron chi connectivity index (χ4n) is 0.932. The number of halogens is 2. The van der Waals surface area contributed by atoms with E-state index in [9.17, 15) is 0 Å². The number of benzene rings is 1. The van der Waals surface area contributed by atoms with Crippen molar-refractivity contribution in [1.29, 1.82) is 0 Å². The molecule has 0 spiro atoms. The molecule has 0 aromatic heterocycles. The molecule has 0 atom stereocenters. The fourth-order valence-corrected chi connectivity index (χ4v) is 1.08. The molecule has 0 aliphatic heterocycles. The van der Waals surface area contributed by atoms with Crippen LogP contribution in [0.4, 0.5) is 11.4 Å². The Balaban J connectivity index is 0.000000921. The monoisotopic (exact) mass is 253 g/mol. The highest BCUT2D eigenvalue weighted by atomic mass is 35.5. The quantitative estimate of drug-likeness (QED) is 0.561. The molecular formula is C9H15Cl2N2O2+. The third-order valence-electron chi connectivity index (χ3n) is 1.49. The van der Waals surface area contributed by atoms with Gasteiger partial charge < -0.3 is 15.6 Å². The molecule has 0 radical (unpaired) electrons. The lowest BCUT2D eigenvalue weighted by molar-refractivity contribution is -0.254. The highest BCUT2D eigenvalue weighted by Crippen LogP contribution is 2.26. The smallest absolute Gasteiger partial charge is 0.144 e. The third-order valence-corrected chi connectivity index (χ3v) is 1.70. The first-order chi connectivity index (χ1) is 7.27. The molecule has 1 rings (SSSR count). The van der Waals surface area contributed by atoms with Crippen molar-refractivity contribution in [3.05, 3.63) is 18.2 Å². The summed E-state index contributed by atoms with van der Waals surface area (Å²) in [4.78, 5) is 2.47. The summed E-state index contributed by atoms with van der Waals surface area (Å²) in [5.41, 5.74) is 5.25. The second-order valence-corrected chi connectivity index (χ2v) is 2.69. The van der Waals surface area contributed by atoms with Gasteiger partial charge in [0.05, 0.1) is 12.3 Å². The van der Waals surface area contributed by atoms with Crippen LogP contribution in [-0.4, -0.2) is 24.7 Å². The maximum absolute atomic E-state index is 8.56. The second-order valence-electron chi connectivity index (χ2n) is 2.50. The number of aliphatic hydroxyl groups is 1. The van der Waals surface area contributed by atoms with Crippen LogP contribution in [0, 0.1) is 0 Å². The number of hydrogen-bond donors (Lipinski definition) is 3. The van der Waals surface area contributed by atoms with Gasteiger partial charge in [0, 0.05) is 30.3 Å². The lowest BCUT2D eigenvalue weighted by atomic mass is 10.2. The molecule has 86 valence electrons. The van der Waals surface area contributed by atoms with Crippen molar-refractivity contribution in [2.75, 3.05) is 24.4 Å². The molecule has 0 bridgehead atoms.